The van der Waals surface area contributed by atoms with Gasteiger partial charge >= 0.3 is 6.48 Å². The summed E-state index contributed by atoms with van der Waals surface area (Å²) in [5.74, 6) is 1.50. The minimum atomic E-state index is -0.742. The summed E-state index contributed by atoms with van der Waals surface area (Å²) < 4.78 is 17.8. The lowest BCUT2D eigenvalue weighted by atomic mass is 10.1. The Bertz CT molecular complexity index is 616. The van der Waals surface area contributed by atoms with Crippen molar-refractivity contribution in [1.29, 1.82) is 0 Å². The number of benzene rings is 2. The molecule has 166 valence electrons. The van der Waals surface area contributed by atoms with Crippen molar-refractivity contribution in [2.75, 3.05) is 6.61 Å². The molecule has 0 fully saturated rings. The first-order valence-corrected chi connectivity index (χ1v) is 11.8. The van der Waals surface area contributed by atoms with E-state index in [0.29, 0.717) is 6.61 Å². The van der Waals surface area contributed by atoms with Gasteiger partial charge in [0.15, 0.2) is 0 Å². The van der Waals surface area contributed by atoms with Gasteiger partial charge in [-0.1, -0.05) is 100 Å². The lowest BCUT2D eigenvalue weighted by Gasteiger charge is -2.20. The molecule has 0 atom stereocenters. The predicted molar refractivity (Wildman–Crippen MR) is 125 cm³/mol. The van der Waals surface area contributed by atoms with Gasteiger partial charge in [0.2, 0.25) is 0 Å². The average Bonchev–Trinajstić information content (AvgIpc) is 2.75. The summed E-state index contributed by atoms with van der Waals surface area (Å²) in [7, 11) is 0. The third-order valence-corrected chi connectivity index (χ3v) is 5.26. The van der Waals surface area contributed by atoms with Crippen molar-refractivity contribution in [3.05, 3.63) is 59.7 Å². The van der Waals surface area contributed by atoms with Crippen molar-refractivity contribution in [2.24, 2.45) is 0 Å². The minimum absolute atomic E-state index is 0.638. The van der Waals surface area contributed by atoms with E-state index < -0.39 is 6.48 Å². The Morgan fingerprint density at radius 1 is 0.567 bits per heavy atom. The minimum Gasteiger partial charge on any atom is -0.432 e. The molecule has 0 saturated carbocycles. The average molecular weight is 413 g/mol. The molecule has 0 bridgehead atoms. The maximum Gasteiger partial charge on any atom is 0.360 e. The van der Waals surface area contributed by atoms with E-state index in [9.17, 15) is 0 Å². The van der Waals surface area contributed by atoms with Gasteiger partial charge in [-0.25, -0.2) is 0 Å². The Morgan fingerprint density at radius 3 is 1.40 bits per heavy atom. The van der Waals surface area contributed by atoms with Crippen molar-refractivity contribution in [3.63, 3.8) is 0 Å². The van der Waals surface area contributed by atoms with Crippen LogP contribution in [-0.4, -0.2) is 13.1 Å². The van der Waals surface area contributed by atoms with Crippen LogP contribution in [0.4, 0.5) is 0 Å². The van der Waals surface area contributed by atoms with Crippen LogP contribution in [0.5, 0.6) is 11.5 Å². The van der Waals surface area contributed by atoms with Crippen molar-refractivity contribution >= 4 is 0 Å². The topological polar surface area (TPSA) is 27.7 Å². The smallest absolute Gasteiger partial charge is 0.360 e. The number of aryl methyl sites for hydroxylation is 2. The zero-order chi connectivity index (χ0) is 21.4. The van der Waals surface area contributed by atoms with Gasteiger partial charge in [-0.2, -0.15) is 0 Å². The van der Waals surface area contributed by atoms with Crippen LogP contribution in [-0.2, 0) is 4.74 Å². The molecule has 0 radical (unpaired) electrons. The van der Waals surface area contributed by atoms with E-state index >= 15 is 0 Å². The summed E-state index contributed by atoms with van der Waals surface area (Å²) in [6.45, 7) is 6.29. The van der Waals surface area contributed by atoms with Gasteiger partial charge in [0.1, 0.15) is 11.5 Å². The van der Waals surface area contributed by atoms with Crippen molar-refractivity contribution in [2.45, 2.75) is 91.5 Å². The lowest BCUT2D eigenvalue weighted by molar-refractivity contribution is -0.199. The molecule has 0 aliphatic carbocycles. The van der Waals surface area contributed by atoms with Crippen LogP contribution in [0.15, 0.2) is 48.5 Å². The molecule has 3 nitrogen and oxygen atoms in total. The Morgan fingerprint density at radius 2 is 0.967 bits per heavy atom. The van der Waals surface area contributed by atoms with E-state index in [0.717, 1.165) is 17.9 Å². The molecular formula is C27H40O3. The van der Waals surface area contributed by atoms with Crippen LogP contribution in [0.3, 0.4) is 0 Å². The molecule has 0 aliphatic rings. The zero-order valence-electron chi connectivity index (χ0n) is 19.2. The monoisotopic (exact) mass is 412 g/mol. The quantitative estimate of drug-likeness (QED) is 0.206. The van der Waals surface area contributed by atoms with Crippen molar-refractivity contribution in [3.8, 4) is 11.5 Å². The van der Waals surface area contributed by atoms with E-state index in [1.54, 1.807) is 0 Å². The predicted octanol–water partition coefficient (Wildman–Crippen LogP) is 7.98. The Kier molecular flexibility index (Phi) is 12.1. The van der Waals surface area contributed by atoms with Crippen LogP contribution in [0, 0.1) is 13.8 Å². The first-order chi connectivity index (χ1) is 14.7. The summed E-state index contributed by atoms with van der Waals surface area (Å²) >= 11 is 0. The van der Waals surface area contributed by atoms with E-state index in [1.807, 2.05) is 48.5 Å². The van der Waals surface area contributed by atoms with Crippen molar-refractivity contribution in [1.82, 2.24) is 0 Å². The van der Waals surface area contributed by atoms with E-state index in [2.05, 4.69) is 20.8 Å². The fourth-order valence-corrected chi connectivity index (χ4v) is 3.32. The third-order valence-electron chi connectivity index (χ3n) is 5.26. The van der Waals surface area contributed by atoms with Crippen LogP contribution in [0.2, 0.25) is 0 Å². The maximum absolute atomic E-state index is 5.95. The van der Waals surface area contributed by atoms with Crippen LogP contribution in [0.25, 0.3) is 0 Å². The molecule has 0 heterocycles. The molecule has 0 aliphatic heterocycles. The highest BCUT2D eigenvalue weighted by Crippen LogP contribution is 2.19. The Hall–Kier alpha value is -2.00. The molecule has 0 amide bonds. The fourth-order valence-electron chi connectivity index (χ4n) is 3.32. The second-order valence-corrected chi connectivity index (χ2v) is 8.20. The lowest BCUT2D eigenvalue weighted by Crippen LogP contribution is -2.28. The number of unbranched alkanes of at least 4 members (excludes halogenated alkanes) is 9. The van der Waals surface area contributed by atoms with Gasteiger partial charge in [0.05, 0.1) is 6.61 Å². The van der Waals surface area contributed by atoms with E-state index in [1.165, 1.54) is 68.9 Å². The number of hydrogen-bond donors (Lipinski definition) is 0. The largest absolute Gasteiger partial charge is 0.432 e. The summed E-state index contributed by atoms with van der Waals surface area (Å²) in [5.41, 5.74) is 2.40. The molecule has 0 aromatic heterocycles. The van der Waals surface area contributed by atoms with E-state index in [-0.39, 0.29) is 0 Å². The molecule has 0 unspecified atom stereocenters. The second-order valence-electron chi connectivity index (χ2n) is 8.20. The maximum atomic E-state index is 5.95. The molecule has 2 aromatic rings. The molecule has 2 aromatic carbocycles. The van der Waals surface area contributed by atoms with Gasteiger partial charge in [0.25, 0.3) is 0 Å². The Balaban J connectivity index is 1.69. The van der Waals surface area contributed by atoms with Gasteiger partial charge < -0.3 is 14.2 Å². The summed E-state index contributed by atoms with van der Waals surface area (Å²) in [4.78, 5) is 0. The highest BCUT2D eigenvalue weighted by atomic mass is 16.8. The molecule has 0 saturated heterocycles. The Labute approximate surface area is 183 Å². The highest BCUT2D eigenvalue weighted by Gasteiger charge is 2.13. The molecule has 0 spiro atoms. The first-order valence-electron chi connectivity index (χ1n) is 11.8. The molecule has 2 rings (SSSR count). The zero-order valence-corrected chi connectivity index (χ0v) is 19.2. The standard InChI is InChI=1S/C27H40O3/c1-4-5-6-7-8-9-10-11-12-13-22-28-27(29-25-18-14-23(2)15-19-25)30-26-20-16-24(3)17-21-26/h14-21,27H,4-13,22H2,1-3H3. The highest BCUT2D eigenvalue weighted by molar-refractivity contribution is 5.27. The fraction of sp³-hybridized carbons (Fsp3) is 0.556. The second kappa shape index (κ2) is 14.9. The van der Waals surface area contributed by atoms with E-state index in [4.69, 9.17) is 14.2 Å². The van der Waals surface area contributed by atoms with Crippen LogP contribution >= 0.6 is 0 Å². The third kappa shape index (κ3) is 10.7. The normalized spacial score (nSPS) is 11.1. The number of hydrogen-bond acceptors (Lipinski definition) is 3. The number of rotatable bonds is 16. The summed E-state index contributed by atoms with van der Waals surface area (Å²) in [6.07, 6.45) is 13.1. The van der Waals surface area contributed by atoms with Crippen molar-refractivity contribution < 1.29 is 14.2 Å². The molecule has 0 N–H and O–H groups in total. The van der Waals surface area contributed by atoms with Gasteiger partial charge in [0, 0.05) is 0 Å². The SMILES string of the molecule is CCCCCCCCCCCCOC(Oc1ccc(C)cc1)Oc1ccc(C)cc1. The van der Waals surface area contributed by atoms with Gasteiger partial charge in [-0.15, -0.1) is 0 Å². The van der Waals surface area contributed by atoms with Gasteiger partial charge in [-0.3, -0.25) is 0 Å². The van der Waals surface area contributed by atoms with Gasteiger partial charge in [-0.05, 0) is 44.5 Å². The first kappa shape index (κ1) is 24.3. The summed E-state index contributed by atoms with van der Waals surface area (Å²) in [5, 5.41) is 0. The molecule has 30 heavy (non-hydrogen) atoms. The number of ether oxygens (including phenoxy) is 3. The van der Waals surface area contributed by atoms with Crippen LogP contribution < -0.4 is 9.47 Å². The molecule has 3 heteroatoms. The van der Waals surface area contributed by atoms with Crippen LogP contribution in [0.1, 0.15) is 82.3 Å². The summed E-state index contributed by atoms with van der Waals surface area (Å²) in [6, 6.07) is 15.9. The molecular weight excluding hydrogens is 372 g/mol.